The van der Waals surface area contributed by atoms with Gasteiger partial charge in [-0.15, -0.1) is 0 Å². The summed E-state index contributed by atoms with van der Waals surface area (Å²) in [5, 5.41) is 3.69. The van der Waals surface area contributed by atoms with Gasteiger partial charge in [0.15, 0.2) is 0 Å². The number of methoxy groups -OCH3 is 1. The van der Waals surface area contributed by atoms with E-state index in [0.717, 1.165) is 18.0 Å². The largest absolute Gasteiger partial charge is 0.381 e. The molecule has 3 aliphatic rings. The highest BCUT2D eigenvalue weighted by Gasteiger charge is 2.37. The van der Waals surface area contributed by atoms with Gasteiger partial charge in [-0.05, 0) is 38.0 Å². The average Bonchev–Trinajstić information content (AvgIpc) is 3.07. The molecule has 0 radical (unpaired) electrons. The van der Waals surface area contributed by atoms with Crippen molar-refractivity contribution in [2.24, 2.45) is 5.92 Å². The van der Waals surface area contributed by atoms with Gasteiger partial charge in [-0.25, -0.2) is 0 Å². The Kier molecular flexibility index (Phi) is 3.18. The molecule has 2 aliphatic carbocycles. The van der Waals surface area contributed by atoms with Gasteiger partial charge in [-0.1, -0.05) is 0 Å². The predicted octanol–water partition coefficient (Wildman–Crippen LogP) is 1.24. The van der Waals surface area contributed by atoms with Crippen molar-refractivity contribution in [1.82, 2.24) is 10.2 Å². The molecular weight excluding hydrogens is 200 g/mol. The third-order valence-electron chi connectivity index (χ3n) is 4.63. The topological polar surface area (TPSA) is 24.5 Å². The molecule has 3 rings (SSSR count). The van der Waals surface area contributed by atoms with E-state index in [1.807, 2.05) is 7.11 Å². The molecular formula is C13H24N2O. The van der Waals surface area contributed by atoms with E-state index in [0.29, 0.717) is 6.10 Å². The molecule has 1 aliphatic heterocycles. The Morgan fingerprint density at radius 3 is 2.75 bits per heavy atom. The third kappa shape index (κ3) is 2.27. The average molecular weight is 224 g/mol. The van der Waals surface area contributed by atoms with E-state index < -0.39 is 0 Å². The molecule has 3 unspecified atom stereocenters. The van der Waals surface area contributed by atoms with Crippen molar-refractivity contribution in [3.05, 3.63) is 0 Å². The minimum Gasteiger partial charge on any atom is -0.381 e. The van der Waals surface area contributed by atoms with Gasteiger partial charge in [-0.3, -0.25) is 4.90 Å². The van der Waals surface area contributed by atoms with Gasteiger partial charge in [-0.2, -0.15) is 0 Å². The number of hydrogen-bond donors (Lipinski definition) is 1. The Morgan fingerprint density at radius 1 is 1.19 bits per heavy atom. The molecule has 3 atom stereocenters. The SMILES string of the molecule is COC1CCC(N2CCNC(C3CC3)C2)C1. The van der Waals surface area contributed by atoms with E-state index in [2.05, 4.69) is 10.2 Å². The zero-order valence-corrected chi connectivity index (χ0v) is 10.3. The van der Waals surface area contributed by atoms with E-state index in [4.69, 9.17) is 4.74 Å². The molecule has 16 heavy (non-hydrogen) atoms. The molecule has 1 saturated heterocycles. The van der Waals surface area contributed by atoms with Crippen LogP contribution in [0, 0.1) is 5.92 Å². The maximum Gasteiger partial charge on any atom is 0.0586 e. The summed E-state index contributed by atoms with van der Waals surface area (Å²) < 4.78 is 5.48. The molecule has 0 aromatic rings. The molecule has 0 amide bonds. The van der Waals surface area contributed by atoms with E-state index in [1.165, 1.54) is 51.7 Å². The van der Waals surface area contributed by atoms with Crippen LogP contribution < -0.4 is 5.32 Å². The van der Waals surface area contributed by atoms with Crippen molar-refractivity contribution in [3.8, 4) is 0 Å². The van der Waals surface area contributed by atoms with Crippen LogP contribution in [0.5, 0.6) is 0 Å². The molecule has 0 aromatic heterocycles. The molecule has 3 heteroatoms. The molecule has 1 N–H and O–H groups in total. The maximum atomic E-state index is 5.48. The summed E-state index contributed by atoms with van der Waals surface area (Å²) >= 11 is 0. The lowest BCUT2D eigenvalue weighted by Gasteiger charge is -2.37. The Labute approximate surface area is 98.5 Å². The van der Waals surface area contributed by atoms with Crippen LogP contribution in [0.25, 0.3) is 0 Å². The summed E-state index contributed by atoms with van der Waals surface area (Å²) in [5.74, 6) is 0.988. The number of nitrogens with one attached hydrogen (secondary N) is 1. The van der Waals surface area contributed by atoms with Gasteiger partial charge >= 0.3 is 0 Å². The second-order valence-electron chi connectivity index (χ2n) is 5.72. The summed E-state index contributed by atoms with van der Waals surface area (Å²) in [7, 11) is 1.86. The number of ether oxygens (including phenoxy) is 1. The van der Waals surface area contributed by atoms with Crippen LogP contribution >= 0.6 is 0 Å². The highest BCUT2D eigenvalue weighted by Crippen LogP contribution is 2.35. The first kappa shape index (κ1) is 11.0. The third-order valence-corrected chi connectivity index (χ3v) is 4.63. The summed E-state index contributed by atoms with van der Waals surface area (Å²) in [6, 6.07) is 1.59. The number of hydrogen-bond acceptors (Lipinski definition) is 3. The van der Waals surface area contributed by atoms with Gasteiger partial charge < -0.3 is 10.1 Å². The Hall–Kier alpha value is -0.120. The predicted molar refractivity (Wildman–Crippen MR) is 64.5 cm³/mol. The van der Waals surface area contributed by atoms with Crippen LogP contribution in [-0.4, -0.2) is 49.8 Å². The lowest BCUT2D eigenvalue weighted by Crippen LogP contribution is -2.54. The molecule has 3 nitrogen and oxygen atoms in total. The molecule has 0 aromatic carbocycles. The Morgan fingerprint density at radius 2 is 2.06 bits per heavy atom. The zero-order valence-electron chi connectivity index (χ0n) is 10.3. The normalized spacial score (nSPS) is 41.4. The van der Waals surface area contributed by atoms with Crippen LogP contribution in [-0.2, 0) is 4.74 Å². The lowest BCUT2D eigenvalue weighted by atomic mass is 10.1. The lowest BCUT2D eigenvalue weighted by molar-refractivity contribution is 0.0877. The van der Waals surface area contributed by atoms with Crippen LogP contribution in [0.15, 0.2) is 0 Å². The highest BCUT2D eigenvalue weighted by molar-refractivity contribution is 4.94. The standard InChI is InChI=1S/C13H24N2O/c1-16-12-5-4-11(8-12)15-7-6-14-13(9-15)10-2-3-10/h10-14H,2-9H2,1H3. The number of piperazine rings is 1. The van der Waals surface area contributed by atoms with Crippen molar-refractivity contribution in [2.45, 2.75) is 50.3 Å². The van der Waals surface area contributed by atoms with E-state index in [1.54, 1.807) is 0 Å². The summed E-state index contributed by atoms with van der Waals surface area (Å²) in [5.41, 5.74) is 0. The van der Waals surface area contributed by atoms with Gasteiger partial charge in [0.2, 0.25) is 0 Å². The first-order valence-corrected chi connectivity index (χ1v) is 6.87. The number of nitrogens with zero attached hydrogens (tertiary/aromatic N) is 1. The van der Waals surface area contributed by atoms with Crippen LogP contribution in [0.4, 0.5) is 0 Å². The van der Waals surface area contributed by atoms with Crippen LogP contribution in [0.1, 0.15) is 32.1 Å². The van der Waals surface area contributed by atoms with Gasteiger partial charge in [0.1, 0.15) is 0 Å². The zero-order chi connectivity index (χ0) is 11.0. The summed E-state index contributed by atoms with van der Waals surface area (Å²) in [4.78, 5) is 2.72. The van der Waals surface area contributed by atoms with Crippen molar-refractivity contribution in [2.75, 3.05) is 26.7 Å². The fourth-order valence-electron chi connectivity index (χ4n) is 3.41. The molecule has 3 fully saturated rings. The van der Waals surface area contributed by atoms with Crippen molar-refractivity contribution in [1.29, 1.82) is 0 Å². The second-order valence-corrected chi connectivity index (χ2v) is 5.72. The minimum atomic E-state index is 0.527. The van der Waals surface area contributed by atoms with Crippen molar-refractivity contribution in [3.63, 3.8) is 0 Å². The molecule has 92 valence electrons. The van der Waals surface area contributed by atoms with Gasteiger partial charge in [0.25, 0.3) is 0 Å². The van der Waals surface area contributed by atoms with E-state index in [-0.39, 0.29) is 0 Å². The maximum absolute atomic E-state index is 5.48. The summed E-state index contributed by atoms with van der Waals surface area (Å²) in [6.07, 6.45) is 7.30. The fraction of sp³-hybridized carbons (Fsp3) is 1.00. The Balaban J connectivity index is 1.53. The highest BCUT2D eigenvalue weighted by atomic mass is 16.5. The Bertz CT molecular complexity index is 242. The molecule has 0 bridgehead atoms. The minimum absolute atomic E-state index is 0.527. The molecule has 1 heterocycles. The second kappa shape index (κ2) is 4.63. The van der Waals surface area contributed by atoms with Crippen molar-refractivity contribution >= 4 is 0 Å². The smallest absolute Gasteiger partial charge is 0.0586 e. The van der Waals surface area contributed by atoms with Crippen molar-refractivity contribution < 1.29 is 4.74 Å². The summed E-state index contributed by atoms with van der Waals surface area (Å²) in [6.45, 7) is 3.71. The van der Waals surface area contributed by atoms with Gasteiger partial charge in [0.05, 0.1) is 6.10 Å². The quantitative estimate of drug-likeness (QED) is 0.780. The van der Waals surface area contributed by atoms with Crippen LogP contribution in [0.3, 0.4) is 0 Å². The number of rotatable bonds is 3. The van der Waals surface area contributed by atoms with Gasteiger partial charge in [0, 0.05) is 38.8 Å². The fourth-order valence-corrected chi connectivity index (χ4v) is 3.41. The van der Waals surface area contributed by atoms with E-state index >= 15 is 0 Å². The first-order chi connectivity index (χ1) is 7.86. The van der Waals surface area contributed by atoms with Crippen LogP contribution in [0.2, 0.25) is 0 Å². The van der Waals surface area contributed by atoms with E-state index in [9.17, 15) is 0 Å². The first-order valence-electron chi connectivity index (χ1n) is 6.87. The monoisotopic (exact) mass is 224 g/mol. The molecule has 2 saturated carbocycles. The molecule has 0 spiro atoms.